The van der Waals surface area contributed by atoms with Crippen LogP contribution in [0.3, 0.4) is 0 Å². The number of benzene rings is 1. The molecular weight excluding hydrogens is 195 g/mol. The molecule has 0 fully saturated rings. The second kappa shape index (κ2) is 4.66. The molecule has 2 aromatic rings. The largest absolute Gasteiger partial charge is 1.00 e. The Kier molecular flexibility index (Phi) is 3.80. The number of hydrogen-bond donors (Lipinski definition) is 1. The molecule has 0 saturated carbocycles. The molecule has 0 spiro atoms. The molecule has 0 aliphatic heterocycles. The average Bonchev–Trinajstić information content (AvgIpc) is 2.54. The van der Waals surface area contributed by atoms with Crippen molar-refractivity contribution in [3.8, 4) is 5.69 Å². The summed E-state index contributed by atoms with van der Waals surface area (Å²) in [7, 11) is 0. The van der Waals surface area contributed by atoms with Gasteiger partial charge in [0.1, 0.15) is 0 Å². The molecule has 1 N–H and O–H groups in total. The third kappa shape index (κ3) is 2.47. The molecule has 0 unspecified atom stereocenters. The number of tetrazole rings is 1. The number of aromatic amines is 1. The van der Waals surface area contributed by atoms with Crippen molar-refractivity contribution in [2.24, 2.45) is 0 Å². The minimum absolute atomic E-state index is 0. The van der Waals surface area contributed by atoms with E-state index in [4.69, 9.17) is 12.2 Å². The Morgan fingerprint density at radius 1 is 1.31 bits per heavy atom. The topological polar surface area (TPSA) is 46.5 Å². The van der Waals surface area contributed by atoms with Gasteiger partial charge in [-0.05, 0) is 29.6 Å². The van der Waals surface area contributed by atoms with Crippen molar-refractivity contribution in [1.82, 2.24) is 20.2 Å². The van der Waals surface area contributed by atoms with Crippen molar-refractivity contribution >= 4 is 12.2 Å². The Morgan fingerprint density at radius 3 is 2.54 bits per heavy atom. The summed E-state index contributed by atoms with van der Waals surface area (Å²) < 4.78 is 0.388. The van der Waals surface area contributed by atoms with Crippen molar-refractivity contribution < 1.29 is 31.0 Å². The zero-order valence-corrected chi connectivity index (χ0v) is 9.95. The molecule has 0 bridgehead atoms. The van der Waals surface area contributed by atoms with Crippen molar-refractivity contribution in [3.05, 3.63) is 35.1 Å². The van der Waals surface area contributed by atoms with Crippen LogP contribution in [0.4, 0.5) is 0 Å². The quantitative estimate of drug-likeness (QED) is 0.449. The van der Waals surface area contributed by atoms with Gasteiger partial charge in [-0.25, -0.2) is 5.10 Å². The smallest absolute Gasteiger partial charge is 1.00 e. The van der Waals surface area contributed by atoms with Crippen LogP contribution in [0.1, 0.15) is 1.43 Å². The van der Waals surface area contributed by atoms with E-state index in [1.54, 1.807) is 0 Å². The summed E-state index contributed by atoms with van der Waals surface area (Å²) in [4.78, 5) is 1.53. The summed E-state index contributed by atoms with van der Waals surface area (Å²) >= 11 is 4.78. The Balaban J connectivity index is 0.000000845. The number of nitrogens with zero attached hydrogens (tertiary/aromatic N) is 3. The number of H-pyrrole nitrogens is 1. The molecule has 1 heterocycles. The van der Waals surface area contributed by atoms with Crippen LogP contribution < -0.4 is 29.6 Å². The van der Waals surface area contributed by atoms with Gasteiger partial charge >= 0.3 is 29.6 Å². The van der Waals surface area contributed by atoms with Gasteiger partial charge in [-0.2, -0.15) is 4.80 Å². The molecule has 6 heteroatoms. The zero-order valence-electron chi connectivity index (χ0n) is 8.14. The van der Waals surface area contributed by atoms with Gasteiger partial charge in [-0.1, -0.05) is 23.3 Å². The van der Waals surface area contributed by atoms with Crippen molar-refractivity contribution in [1.29, 1.82) is 0 Å². The molecule has 0 amide bonds. The SMILES string of the molecule is S=c1nnn(-c2ccccc2)[nH]1.[H-].[Na+]. The van der Waals surface area contributed by atoms with Crippen molar-refractivity contribution in [2.45, 2.75) is 0 Å². The maximum atomic E-state index is 4.78. The maximum Gasteiger partial charge on any atom is 1.00 e. The molecule has 13 heavy (non-hydrogen) atoms. The van der Waals surface area contributed by atoms with E-state index in [2.05, 4.69) is 15.4 Å². The Labute approximate surface area is 104 Å². The van der Waals surface area contributed by atoms with Gasteiger partial charge in [0.05, 0.1) is 5.69 Å². The fourth-order valence-corrected chi connectivity index (χ4v) is 1.03. The third-order valence-electron chi connectivity index (χ3n) is 1.43. The number of nitrogens with one attached hydrogen (secondary N) is 1. The van der Waals surface area contributed by atoms with Crippen LogP contribution in [0.5, 0.6) is 0 Å². The first-order valence-corrected chi connectivity index (χ1v) is 3.84. The van der Waals surface area contributed by atoms with Gasteiger partial charge in [-0.15, -0.1) is 0 Å². The van der Waals surface area contributed by atoms with Gasteiger partial charge in [0, 0.05) is 0 Å². The Bertz CT molecular complexity index is 427. The van der Waals surface area contributed by atoms with E-state index in [1.165, 1.54) is 4.80 Å². The van der Waals surface area contributed by atoms with Gasteiger partial charge in [0.2, 0.25) is 4.77 Å². The first-order chi connectivity index (χ1) is 5.86. The monoisotopic (exact) mass is 202 g/mol. The van der Waals surface area contributed by atoms with E-state index in [-0.39, 0.29) is 31.0 Å². The summed E-state index contributed by atoms with van der Waals surface area (Å²) in [5, 5.41) is 10.3. The minimum Gasteiger partial charge on any atom is -1.00 e. The van der Waals surface area contributed by atoms with E-state index in [1.807, 2.05) is 30.3 Å². The first-order valence-electron chi connectivity index (χ1n) is 3.44. The summed E-state index contributed by atoms with van der Waals surface area (Å²) in [6.45, 7) is 0. The van der Waals surface area contributed by atoms with Gasteiger partial charge in [-0.3, -0.25) is 0 Å². The van der Waals surface area contributed by atoms with Crippen molar-refractivity contribution in [2.75, 3.05) is 0 Å². The molecular formula is C7H7N4NaS. The molecule has 0 radical (unpaired) electrons. The minimum atomic E-state index is 0. The normalized spacial score (nSPS) is 9.23. The second-order valence-electron chi connectivity index (χ2n) is 2.25. The third-order valence-corrected chi connectivity index (χ3v) is 1.60. The molecule has 2 rings (SSSR count). The average molecular weight is 202 g/mol. The van der Waals surface area contributed by atoms with Gasteiger partial charge < -0.3 is 1.43 Å². The molecule has 0 saturated heterocycles. The van der Waals surface area contributed by atoms with E-state index < -0.39 is 0 Å². The summed E-state index contributed by atoms with van der Waals surface area (Å²) in [6, 6.07) is 9.62. The van der Waals surface area contributed by atoms with Crippen LogP contribution in [0.15, 0.2) is 30.3 Å². The van der Waals surface area contributed by atoms with Crippen LogP contribution in [0, 0.1) is 4.77 Å². The van der Waals surface area contributed by atoms with E-state index in [9.17, 15) is 0 Å². The summed E-state index contributed by atoms with van der Waals surface area (Å²) in [5.41, 5.74) is 0.918. The van der Waals surface area contributed by atoms with E-state index in [0.717, 1.165) is 5.69 Å². The number of para-hydroxylation sites is 1. The second-order valence-corrected chi connectivity index (χ2v) is 2.64. The summed E-state index contributed by atoms with van der Waals surface area (Å²) in [6.07, 6.45) is 0. The predicted molar refractivity (Wildman–Crippen MR) is 47.7 cm³/mol. The molecule has 0 atom stereocenters. The van der Waals surface area contributed by atoms with E-state index >= 15 is 0 Å². The van der Waals surface area contributed by atoms with Crippen LogP contribution in [-0.4, -0.2) is 20.2 Å². The van der Waals surface area contributed by atoms with Crippen LogP contribution in [-0.2, 0) is 0 Å². The fourth-order valence-electron chi connectivity index (χ4n) is 0.906. The molecule has 0 aliphatic carbocycles. The molecule has 0 aliphatic rings. The molecule has 1 aromatic heterocycles. The summed E-state index contributed by atoms with van der Waals surface area (Å²) in [5.74, 6) is 0. The fraction of sp³-hybridized carbons (Fsp3) is 0. The van der Waals surface area contributed by atoms with Gasteiger partial charge in [0.15, 0.2) is 0 Å². The zero-order chi connectivity index (χ0) is 8.39. The molecule has 62 valence electrons. The Morgan fingerprint density at radius 2 is 2.00 bits per heavy atom. The first kappa shape index (κ1) is 10.6. The maximum absolute atomic E-state index is 4.78. The molecule has 4 nitrogen and oxygen atoms in total. The number of rotatable bonds is 1. The number of aromatic nitrogens is 4. The van der Waals surface area contributed by atoms with Crippen LogP contribution in [0.25, 0.3) is 5.69 Å². The number of hydrogen-bond acceptors (Lipinski definition) is 3. The van der Waals surface area contributed by atoms with Crippen LogP contribution >= 0.6 is 12.2 Å². The van der Waals surface area contributed by atoms with Gasteiger partial charge in [0.25, 0.3) is 0 Å². The standard InChI is InChI=1S/C7H6N4S.Na.H/c12-7-8-10-11(9-7)6-4-2-1-3-5-6;;/h1-5H,(H,9,12);;/q;+1;-1. The Hall–Kier alpha value is -0.490. The molecule has 1 aromatic carbocycles. The van der Waals surface area contributed by atoms with E-state index in [0.29, 0.717) is 4.77 Å². The predicted octanol–water partition coefficient (Wildman–Crippen LogP) is -1.56. The van der Waals surface area contributed by atoms with Crippen LogP contribution in [0.2, 0.25) is 0 Å². The van der Waals surface area contributed by atoms with Crippen molar-refractivity contribution in [3.63, 3.8) is 0 Å².